The van der Waals surface area contributed by atoms with Gasteiger partial charge in [0.2, 0.25) is 0 Å². The van der Waals surface area contributed by atoms with Gasteiger partial charge in [-0.25, -0.2) is 4.98 Å². The number of aromatic nitrogens is 1. The van der Waals surface area contributed by atoms with Crippen molar-refractivity contribution in [3.63, 3.8) is 0 Å². The Morgan fingerprint density at radius 1 is 1.19 bits per heavy atom. The SMILES string of the molecule is Cc1ccc2[nH+]c(N3CCN(C(=O)c4cccs4)CC3)c(C#N)cc2c1. The van der Waals surface area contributed by atoms with Crippen molar-refractivity contribution in [3.05, 3.63) is 57.8 Å². The van der Waals surface area contributed by atoms with Crippen molar-refractivity contribution < 1.29 is 9.78 Å². The molecule has 5 nitrogen and oxygen atoms in total. The Balaban J connectivity index is 1.56. The summed E-state index contributed by atoms with van der Waals surface area (Å²) in [6.45, 7) is 4.77. The summed E-state index contributed by atoms with van der Waals surface area (Å²) in [5, 5.41) is 12.5. The summed E-state index contributed by atoms with van der Waals surface area (Å²) in [5.74, 6) is 0.935. The summed E-state index contributed by atoms with van der Waals surface area (Å²) >= 11 is 1.48. The van der Waals surface area contributed by atoms with Crippen molar-refractivity contribution >= 4 is 34.0 Å². The zero-order chi connectivity index (χ0) is 18.1. The van der Waals surface area contributed by atoms with Crippen molar-refractivity contribution in [3.8, 4) is 6.07 Å². The highest BCUT2D eigenvalue weighted by Gasteiger charge is 2.29. The molecule has 0 unspecified atom stereocenters. The molecule has 3 heterocycles. The fraction of sp³-hybridized carbons (Fsp3) is 0.250. The van der Waals surface area contributed by atoms with Crippen LogP contribution in [0.1, 0.15) is 20.8 Å². The summed E-state index contributed by atoms with van der Waals surface area (Å²) in [6.07, 6.45) is 0. The van der Waals surface area contributed by atoms with Gasteiger partial charge in [-0.2, -0.15) is 5.26 Å². The second kappa shape index (κ2) is 6.77. The number of hydrogen-bond donors (Lipinski definition) is 0. The van der Waals surface area contributed by atoms with Crippen LogP contribution in [0.4, 0.5) is 5.82 Å². The molecule has 130 valence electrons. The standard InChI is InChI=1S/C20H18N4OS/c1-14-4-5-17-15(11-14)12-16(13-21)19(22-17)23-6-8-24(9-7-23)20(25)18-3-2-10-26-18/h2-5,10-12H,6-9H2,1H3/p+1. The number of rotatable bonds is 2. The van der Waals surface area contributed by atoms with Crippen LogP contribution in [-0.4, -0.2) is 37.0 Å². The molecule has 1 N–H and O–H groups in total. The lowest BCUT2D eigenvalue weighted by Crippen LogP contribution is -2.50. The molecule has 1 fully saturated rings. The minimum Gasteiger partial charge on any atom is -0.330 e. The maximum absolute atomic E-state index is 12.5. The summed E-state index contributed by atoms with van der Waals surface area (Å²) in [5.41, 5.74) is 2.83. The summed E-state index contributed by atoms with van der Waals surface area (Å²) < 4.78 is 0. The average molecular weight is 363 g/mol. The molecule has 0 saturated carbocycles. The Morgan fingerprint density at radius 3 is 2.69 bits per heavy atom. The van der Waals surface area contributed by atoms with E-state index in [2.05, 4.69) is 28.1 Å². The topological polar surface area (TPSA) is 61.5 Å². The predicted molar refractivity (Wildman–Crippen MR) is 102 cm³/mol. The minimum absolute atomic E-state index is 0.0955. The Hall–Kier alpha value is -2.91. The monoisotopic (exact) mass is 363 g/mol. The first-order valence-electron chi connectivity index (χ1n) is 8.60. The maximum Gasteiger partial charge on any atom is 0.293 e. The lowest BCUT2D eigenvalue weighted by atomic mass is 10.1. The van der Waals surface area contributed by atoms with Gasteiger partial charge in [0.1, 0.15) is 30.2 Å². The van der Waals surface area contributed by atoms with Crippen LogP contribution in [0, 0.1) is 18.3 Å². The molecule has 1 aliphatic rings. The molecule has 2 aromatic heterocycles. The highest BCUT2D eigenvalue weighted by Crippen LogP contribution is 2.22. The lowest BCUT2D eigenvalue weighted by Gasteiger charge is -2.31. The number of hydrogen-bond acceptors (Lipinski definition) is 4. The molecule has 3 aromatic rings. The lowest BCUT2D eigenvalue weighted by molar-refractivity contribution is -0.331. The molecular formula is C20H19N4OS+. The number of H-pyrrole nitrogens is 1. The van der Waals surface area contributed by atoms with Gasteiger partial charge in [0.15, 0.2) is 0 Å². The molecule has 1 aliphatic heterocycles. The highest BCUT2D eigenvalue weighted by atomic mass is 32.1. The average Bonchev–Trinajstić information content (AvgIpc) is 3.21. The Labute approximate surface area is 156 Å². The number of benzene rings is 1. The van der Waals surface area contributed by atoms with Crippen LogP contribution in [0.25, 0.3) is 10.9 Å². The number of nitrogens with one attached hydrogen (secondary N) is 1. The predicted octanol–water partition coefficient (Wildman–Crippen LogP) is 2.86. The third kappa shape index (κ3) is 3.02. The van der Waals surface area contributed by atoms with E-state index in [1.54, 1.807) is 0 Å². The third-order valence-electron chi connectivity index (χ3n) is 4.75. The van der Waals surface area contributed by atoms with E-state index >= 15 is 0 Å². The zero-order valence-electron chi connectivity index (χ0n) is 14.5. The Morgan fingerprint density at radius 2 is 2.00 bits per heavy atom. The number of nitrogens with zero attached hydrogens (tertiary/aromatic N) is 3. The van der Waals surface area contributed by atoms with Crippen LogP contribution in [0.3, 0.4) is 0 Å². The van der Waals surface area contributed by atoms with Gasteiger partial charge in [-0.1, -0.05) is 17.7 Å². The fourth-order valence-corrected chi connectivity index (χ4v) is 4.05. The molecule has 0 radical (unpaired) electrons. The summed E-state index contributed by atoms with van der Waals surface area (Å²) in [7, 11) is 0. The summed E-state index contributed by atoms with van der Waals surface area (Å²) in [4.78, 5) is 20.7. The Bertz CT molecular complexity index is 999. The van der Waals surface area contributed by atoms with Crippen LogP contribution in [0.2, 0.25) is 0 Å². The van der Waals surface area contributed by atoms with Crippen molar-refractivity contribution in [2.24, 2.45) is 0 Å². The molecule has 6 heteroatoms. The number of nitriles is 1. The molecular weight excluding hydrogens is 344 g/mol. The van der Waals surface area contributed by atoms with Gasteiger partial charge in [0.05, 0.1) is 18.0 Å². The van der Waals surface area contributed by atoms with Crippen LogP contribution in [0.15, 0.2) is 41.8 Å². The first-order chi connectivity index (χ1) is 12.7. The number of piperazine rings is 1. The quantitative estimate of drug-likeness (QED) is 0.703. The van der Waals surface area contributed by atoms with Gasteiger partial charge in [0, 0.05) is 5.39 Å². The second-order valence-corrected chi connectivity index (χ2v) is 7.44. The molecule has 0 atom stereocenters. The zero-order valence-corrected chi connectivity index (χ0v) is 15.3. The van der Waals surface area contributed by atoms with Crippen LogP contribution in [-0.2, 0) is 0 Å². The molecule has 1 saturated heterocycles. The number of anilines is 1. The number of pyridine rings is 1. The number of aromatic amines is 1. The van der Waals surface area contributed by atoms with Crippen LogP contribution < -0.4 is 9.88 Å². The third-order valence-corrected chi connectivity index (χ3v) is 5.61. The number of thiophene rings is 1. The smallest absolute Gasteiger partial charge is 0.293 e. The van der Waals surface area contributed by atoms with E-state index in [1.165, 1.54) is 16.9 Å². The first-order valence-corrected chi connectivity index (χ1v) is 9.48. The van der Waals surface area contributed by atoms with E-state index < -0.39 is 0 Å². The van der Waals surface area contributed by atoms with E-state index in [1.807, 2.05) is 41.5 Å². The van der Waals surface area contributed by atoms with Crippen molar-refractivity contribution in [1.29, 1.82) is 5.26 Å². The molecule has 1 aromatic carbocycles. The Kier molecular flexibility index (Phi) is 4.31. The van der Waals surface area contributed by atoms with E-state index in [-0.39, 0.29) is 5.91 Å². The van der Waals surface area contributed by atoms with Gasteiger partial charge in [-0.05, 0) is 36.6 Å². The summed E-state index contributed by atoms with van der Waals surface area (Å²) in [6, 6.07) is 14.2. The number of carbonyl (C=O) groups is 1. The van der Waals surface area contributed by atoms with Crippen LogP contribution >= 0.6 is 11.3 Å². The first kappa shape index (κ1) is 16.6. The van der Waals surface area contributed by atoms with Crippen molar-refractivity contribution in [2.75, 3.05) is 31.1 Å². The van der Waals surface area contributed by atoms with Gasteiger partial charge in [-0.3, -0.25) is 9.69 Å². The molecule has 0 aliphatic carbocycles. The number of fused-ring (bicyclic) bond motifs is 1. The fourth-order valence-electron chi connectivity index (χ4n) is 3.36. The van der Waals surface area contributed by atoms with Crippen LogP contribution in [0.5, 0.6) is 0 Å². The molecule has 4 rings (SSSR count). The number of carbonyl (C=O) groups excluding carboxylic acids is 1. The van der Waals surface area contributed by atoms with E-state index in [4.69, 9.17) is 0 Å². The number of amides is 1. The van der Waals surface area contributed by atoms with Gasteiger partial charge < -0.3 is 4.90 Å². The molecule has 1 amide bonds. The molecule has 0 bridgehead atoms. The maximum atomic E-state index is 12.5. The largest absolute Gasteiger partial charge is 0.330 e. The van der Waals surface area contributed by atoms with Crippen molar-refractivity contribution in [1.82, 2.24) is 4.90 Å². The molecule has 26 heavy (non-hydrogen) atoms. The number of aryl methyl sites for hydroxylation is 1. The van der Waals surface area contributed by atoms with E-state index in [9.17, 15) is 10.1 Å². The second-order valence-electron chi connectivity index (χ2n) is 6.49. The van der Waals surface area contributed by atoms with Gasteiger partial charge in [0.25, 0.3) is 11.7 Å². The molecule has 0 spiro atoms. The van der Waals surface area contributed by atoms with Crippen molar-refractivity contribution in [2.45, 2.75) is 6.92 Å². The highest BCUT2D eigenvalue weighted by molar-refractivity contribution is 7.12. The van der Waals surface area contributed by atoms with E-state index in [0.29, 0.717) is 31.7 Å². The minimum atomic E-state index is 0.0955. The van der Waals surface area contributed by atoms with E-state index in [0.717, 1.165) is 21.6 Å². The normalized spacial score (nSPS) is 14.5. The van der Waals surface area contributed by atoms with Gasteiger partial charge >= 0.3 is 0 Å². The van der Waals surface area contributed by atoms with Gasteiger partial charge in [-0.15, -0.1) is 11.3 Å².